The standard InChI is InChI=1S/C15H18N2O/c16-11-3-1-2-10(7-11)15(18)17-14-12-8-4-5-9(6-8)13(12)14/h1-3,7-9,12-14H,4-6,16H2,(H,17,18). The van der Waals surface area contributed by atoms with Gasteiger partial charge in [0.1, 0.15) is 0 Å². The molecule has 4 rings (SSSR count). The van der Waals surface area contributed by atoms with Gasteiger partial charge in [0.25, 0.3) is 5.91 Å². The minimum absolute atomic E-state index is 0.0427. The number of amides is 1. The number of hydrogen-bond acceptors (Lipinski definition) is 2. The van der Waals surface area contributed by atoms with E-state index in [0.29, 0.717) is 17.3 Å². The number of carbonyl (C=O) groups excluding carboxylic acids is 1. The van der Waals surface area contributed by atoms with Gasteiger partial charge in [0.05, 0.1) is 0 Å². The summed E-state index contributed by atoms with van der Waals surface area (Å²) in [5.41, 5.74) is 7.05. The third kappa shape index (κ3) is 1.39. The molecule has 4 atom stereocenters. The second-order valence-corrected chi connectivity index (χ2v) is 6.11. The fraction of sp³-hybridized carbons (Fsp3) is 0.533. The molecular weight excluding hydrogens is 224 g/mol. The Hall–Kier alpha value is -1.51. The van der Waals surface area contributed by atoms with Gasteiger partial charge >= 0.3 is 0 Å². The highest BCUT2D eigenvalue weighted by atomic mass is 16.1. The Morgan fingerprint density at radius 3 is 2.61 bits per heavy atom. The van der Waals surface area contributed by atoms with Crippen LogP contribution in [0.15, 0.2) is 24.3 Å². The molecule has 18 heavy (non-hydrogen) atoms. The highest BCUT2D eigenvalue weighted by molar-refractivity contribution is 5.95. The van der Waals surface area contributed by atoms with Gasteiger partial charge in [0.2, 0.25) is 0 Å². The maximum absolute atomic E-state index is 12.1. The molecule has 1 amide bonds. The average Bonchev–Trinajstić information content (AvgIpc) is 2.77. The molecule has 3 N–H and O–H groups in total. The van der Waals surface area contributed by atoms with Crippen LogP contribution in [0.4, 0.5) is 5.69 Å². The second kappa shape index (κ2) is 3.50. The molecule has 3 aliphatic carbocycles. The molecule has 0 saturated heterocycles. The molecule has 0 aromatic heterocycles. The summed E-state index contributed by atoms with van der Waals surface area (Å²) in [5, 5.41) is 3.21. The zero-order chi connectivity index (χ0) is 12.3. The molecule has 94 valence electrons. The van der Waals surface area contributed by atoms with E-state index in [1.807, 2.05) is 18.2 Å². The van der Waals surface area contributed by atoms with Crippen molar-refractivity contribution in [2.75, 3.05) is 5.73 Å². The van der Waals surface area contributed by atoms with Crippen LogP contribution in [0.1, 0.15) is 29.6 Å². The lowest BCUT2D eigenvalue weighted by Gasteiger charge is -2.10. The summed E-state index contributed by atoms with van der Waals surface area (Å²) in [6.45, 7) is 0. The normalized spacial score (nSPS) is 39.4. The van der Waals surface area contributed by atoms with Crippen molar-refractivity contribution in [1.82, 2.24) is 5.32 Å². The second-order valence-electron chi connectivity index (χ2n) is 6.11. The lowest BCUT2D eigenvalue weighted by molar-refractivity contribution is 0.0944. The summed E-state index contributed by atoms with van der Waals surface area (Å²) in [5.74, 6) is 3.40. The van der Waals surface area contributed by atoms with E-state index in [-0.39, 0.29) is 5.91 Å². The summed E-state index contributed by atoms with van der Waals surface area (Å²) < 4.78 is 0. The summed E-state index contributed by atoms with van der Waals surface area (Å²) in [7, 11) is 0. The lowest BCUT2D eigenvalue weighted by Crippen LogP contribution is -2.29. The van der Waals surface area contributed by atoms with Crippen LogP contribution in [0.5, 0.6) is 0 Å². The van der Waals surface area contributed by atoms with Gasteiger partial charge < -0.3 is 11.1 Å². The Morgan fingerprint density at radius 1 is 1.22 bits per heavy atom. The van der Waals surface area contributed by atoms with Crippen LogP contribution in [0.2, 0.25) is 0 Å². The SMILES string of the molecule is Nc1cccc(C(=O)NC2C3C4CCC(C4)C23)c1. The summed E-state index contributed by atoms with van der Waals surface area (Å²) >= 11 is 0. The number of hydrogen-bond donors (Lipinski definition) is 2. The predicted octanol–water partition coefficient (Wildman–Crippen LogP) is 2.04. The molecule has 3 nitrogen and oxygen atoms in total. The van der Waals surface area contributed by atoms with Crippen molar-refractivity contribution in [3.63, 3.8) is 0 Å². The summed E-state index contributed by atoms with van der Waals surface area (Å²) in [4.78, 5) is 12.1. The van der Waals surface area contributed by atoms with E-state index in [4.69, 9.17) is 5.73 Å². The van der Waals surface area contributed by atoms with Gasteiger partial charge in [-0.2, -0.15) is 0 Å². The largest absolute Gasteiger partial charge is 0.399 e. The van der Waals surface area contributed by atoms with Gasteiger partial charge in [-0.15, -0.1) is 0 Å². The summed E-state index contributed by atoms with van der Waals surface area (Å²) in [6.07, 6.45) is 4.19. The first-order valence-electron chi connectivity index (χ1n) is 6.90. The molecule has 2 bridgehead atoms. The van der Waals surface area contributed by atoms with Crippen molar-refractivity contribution in [2.45, 2.75) is 25.3 Å². The maximum atomic E-state index is 12.1. The Labute approximate surface area is 107 Å². The smallest absolute Gasteiger partial charge is 0.251 e. The molecule has 3 saturated carbocycles. The molecule has 3 fully saturated rings. The third-order valence-corrected chi connectivity index (χ3v) is 5.18. The minimum Gasteiger partial charge on any atom is -0.399 e. The zero-order valence-corrected chi connectivity index (χ0v) is 10.3. The summed E-state index contributed by atoms with van der Waals surface area (Å²) in [6, 6.07) is 7.68. The van der Waals surface area contributed by atoms with Gasteiger partial charge in [0, 0.05) is 17.3 Å². The fourth-order valence-corrected chi connectivity index (χ4v) is 4.43. The van der Waals surface area contributed by atoms with Crippen LogP contribution in [-0.2, 0) is 0 Å². The molecular formula is C15H18N2O. The molecule has 1 aromatic rings. The van der Waals surface area contributed by atoms with E-state index in [1.54, 1.807) is 6.07 Å². The Morgan fingerprint density at radius 2 is 1.94 bits per heavy atom. The number of rotatable bonds is 2. The number of carbonyl (C=O) groups is 1. The van der Waals surface area contributed by atoms with Crippen LogP contribution in [0, 0.1) is 23.7 Å². The van der Waals surface area contributed by atoms with Crippen LogP contribution in [-0.4, -0.2) is 11.9 Å². The van der Waals surface area contributed by atoms with E-state index < -0.39 is 0 Å². The van der Waals surface area contributed by atoms with Crippen molar-refractivity contribution in [3.8, 4) is 0 Å². The van der Waals surface area contributed by atoms with Crippen LogP contribution in [0.3, 0.4) is 0 Å². The van der Waals surface area contributed by atoms with E-state index >= 15 is 0 Å². The Kier molecular flexibility index (Phi) is 2.02. The minimum atomic E-state index is 0.0427. The molecule has 0 radical (unpaired) electrons. The molecule has 1 aromatic carbocycles. The molecule has 0 spiro atoms. The molecule has 3 heteroatoms. The van der Waals surface area contributed by atoms with Crippen molar-refractivity contribution in [2.24, 2.45) is 23.7 Å². The Balaban J connectivity index is 1.46. The van der Waals surface area contributed by atoms with Crippen molar-refractivity contribution in [3.05, 3.63) is 29.8 Å². The van der Waals surface area contributed by atoms with Crippen LogP contribution >= 0.6 is 0 Å². The van der Waals surface area contributed by atoms with Gasteiger partial charge in [-0.25, -0.2) is 0 Å². The third-order valence-electron chi connectivity index (χ3n) is 5.18. The van der Waals surface area contributed by atoms with Gasteiger partial charge in [0.15, 0.2) is 0 Å². The molecule has 4 unspecified atom stereocenters. The van der Waals surface area contributed by atoms with E-state index in [2.05, 4.69) is 5.32 Å². The zero-order valence-electron chi connectivity index (χ0n) is 10.3. The average molecular weight is 242 g/mol. The number of benzene rings is 1. The van der Waals surface area contributed by atoms with Crippen LogP contribution < -0.4 is 11.1 Å². The highest BCUT2D eigenvalue weighted by Crippen LogP contribution is 2.65. The first kappa shape index (κ1) is 10.4. The maximum Gasteiger partial charge on any atom is 0.251 e. The van der Waals surface area contributed by atoms with Gasteiger partial charge in [-0.3, -0.25) is 4.79 Å². The Bertz CT molecular complexity index is 497. The van der Waals surface area contributed by atoms with Gasteiger partial charge in [-0.1, -0.05) is 6.07 Å². The van der Waals surface area contributed by atoms with Crippen molar-refractivity contribution in [1.29, 1.82) is 0 Å². The van der Waals surface area contributed by atoms with E-state index in [0.717, 1.165) is 23.7 Å². The van der Waals surface area contributed by atoms with Crippen LogP contribution in [0.25, 0.3) is 0 Å². The van der Waals surface area contributed by atoms with Crippen molar-refractivity contribution < 1.29 is 4.79 Å². The first-order chi connectivity index (χ1) is 8.74. The molecule has 0 heterocycles. The van der Waals surface area contributed by atoms with Gasteiger partial charge in [-0.05, 0) is 61.1 Å². The fourth-order valence-electron chi connectivity index (χ4n) is 4.43. The lowest BCUT2D eigenvalue weighted by atomic mass is 10.0. The van der Waals surface area contributed by atoms with Crippen molar-refractivity contribution >= 4 is 11.6 Å². The number of fused-ring (bicyclic) bond motifs is 5. The highest BCUT2D eigenvalue weighted by Gasteiger charge is 2.65. The number of anilines is 1. The van der Waals surface area contributed by atoms with E-state index in [1.165, 1.54) is 19.3 Å². The number of nitrogens with one attached hydrogen (secondary N) is 1. The number of nitrogens with two attached hydrogens (primary N) is 1. The quantitative estimate of drug-likeness (QED) is 0.780. The molecule has 3 aliphatic rings. The topological polar surface area (TPSA) is 55.1 Å². The first-order valence-corrected chi connectivity index (χ1v) is 6.90. The predicted molar refractivity (Wildman–Crippen MR) is 69.9 cm³/mol. The molecule has 0 aliphatic heterocycles. The number of nitrogen functional groups attached to an aromatic ring is 1. The van der Waals surface area contributed by atoms with E-state index in [9.17, 15) is 4.79 Å². The monoisotopic (exact) mass is 242 g/mol.